The first-order valence-electron chi connectivity index (χ1n) is 6.41. The maximum absolute atomic E-state index is 12.7. The number of rotatable bonds is 3. The molecule has 1 aliphatic rings. The molecule has 1 heterocycles. The fourth-order valence-corrected chi connectivity index (χ4v) is 4.21. The number of sulfonamides is 1. The monoisotopic (exact) mass is 284 g/mol. The van der Waals surface area contributed by atoms with Crippen molar-refractivity contribution in [2.75, 3.05) is 25.9 Å². The zero-order valence-corrected chi connectivity index (χ0v) is 12.2. The summed E-state index contributed by atoms with van der Waals surface area (Å²) in [6.07, 6.45) is 2.89. The topological polar surface area (TPSA) is 72.6 Å². The lowest BCUT2D eigenvalue weighted by Crippen LogP contribution is -2.35. The zero-order chi connectivity index (χ0) is 14.0. The van der Waals surface area contributed by atoms with Crippen molar-refractivity contribution in [2.24, 2.45) is 0 Å². The van der Waals surface area contributed by atoms with Crippen LogP contribution in [0.5, 0.6) is 5.75 Å². The molecule has 2 N–H and O–H groups in total. The van der Waals surface area contributed by atoms with Crippen LogP contribution >= 0.6 is 0 Å². The van der Waals surface area contributed by atoms with E-state index in [1.807, 2.05) is 6.92 Å². The number of nitrogens with two attached hydrogens (primary N) is 1. The highest BCUT2D eigenvalue weighted by atomic mass is 32.2. The van der Waals surface area contributed by atoms with Crippen molar-refractivity contribution in [3.63, 3.8) is 0 Å². The summed E-state index contributed by atoms with van der Waals surface area (Å²) < 4.78 is 32.0. The van der Waals surface area contributed by atoms with Gasteiger partial charge in [0.25, 0.3) is 0 Å². The third-order valence-corrected chi connectivity index (χ3v) is 5.27. The van der Waals surface area contributed by atoms with Gasteiger partial charge in [0.2, 0.25) is 10.0 Å². The molecule has 0 atom stereocenters. The second kappa shape index (κ2) is 5.38. The molecule has 0 aliphatic carbocycles. The van der Waals surface area contributed by atoms with Gasteiger partial charge in [-0.05, 0) is 37.5 Å². The standard InChI is InChI=1S/C13H20N2O3S/c1-10-8-11(14)13(18-2)12(9-10)19(16,17)15-6-4-3-5-7-15/h8-9H,3-7,14H2,1-2H3. The van der Waals surface area contributed by atoms with Crippen LogP contribution in [0, 0.1) is 6.92 Å². The quantitative estimate of drug-likeness (QED) is 0.858. The van der Waals surface area contributed by atoms with E-state index in [0.717, 1.165) is 24.8 Å². The normalized spacial score (nSPS) is 17.4. The fourth-order valence-electron chi connectivity index (χ4n) is 2.42. The summed E-state index contributed by atoms with van der Waals surface area (Å²) in [5.41, 5.74) is 7.02. The Balaban J connectivity index is 2.50. The summed E-state index contributed by atoms with van der Waals surface area (Å²) >= 11 is 0. The lowest BCUT2D eigenvalue weighted by atomic mass is 10.2. The second-order valence-electron chi connectivity index (χ2n) is 4.85. The van der Waals surface area contributed by atoms with Gasteiger partial charge in [-0.2, -0.15) is 4.31 Å². The molecular weight excluding hydrogens is 264 g/mol. The SMILES string of the molecule is COc1c(N)cc(C)cc1S(=O)(=O)N1CCCCC1. The Hall–Kier alpha value is -1.27. The van der Waals surface area contributed by atoms with Gasteiger partial charge in [-0.1, -0.05) is 6.42 Å². The van der Waals surface area contributed by atoms with Crippen LogP contribution < -0.4 is 10.5 Å². The molecule has 19 heavy (non-hydrogen) atoms. The summed E-state index contributed by atoms with van der Waals surface area (Å²) in [6, 6.07) is 3.34. The number of hydrogen-bond acceptors (Lipinski definition) is 4. The van der Waals surface area contributed by atoms with Crippen molar-refractivity contribution in [3.05, 3.63) is 17.7 Å². The number of anilines is 1. The Morgan fingerprint density at radius 1 is 1.21 bits per heavy atom. The van der Waals surface area contributed by atoms with E-state index in [0.29, 0.717) is 18.8 Å². The second-order valence-corrected chi connectivity index (χ2v) is 6.76. The van der Waals surface area contributed by atoms with Gasteiger partial charge in [-0.15, -0.1) is 0 Å². The van der Waals surface area contributed by atoms with Crippen molar-refractivity contribution >= 4 is 15.7 Å². The Bertz CT molecular complexity index is 563. The van der Waals surface area contributed by atoms with Gasteiger partial charge >= 0.3 is 0 Å². The Labute approximate surface area is 114 Å². The number of nitrogen functional groups attached to an aromatic ring is 1. The molecule has 2 rings (SSSR count). The molecule has 0 radical (unpaired) electrons. The number of hydrogen-bond donors (Lipinski definition) is 1. The van der Waals surface area contributed by atoms with Crippen molar-refractivity contribution in [1.29, 1.82) is 0 Å². The Kier molecular flexibility index (Phi) is 4.01. The summed E-state index contributed by atoms with van der Waals surface area (Å²) in [5.74, 6) is 0.246. The molecule has 0 unspecified atom stereocenters. The molecule has 0 amide bonds. The summed E-state index contributed by atoms with van der Waals surface area (Å²) in [6.45, 7) is 2.96. The number of piperidine rings is 1. The van der Waals surface area contributed by atoms with Gasteiger partial charge < -0.3 is 10.5 Å². The average Bonchev–Trinajstić information content (AvgIpc) is 2.39. The fraction of sp³-hybridized carbons (Fsp3) is 0.538. The van der Waals surface area contributed by atoms with E-state index in [9.17, 15) is 8.42 Å². The molecule has 5 nitrogen and oxygen atoms in total. The van der Waals surface area contributed by atoms with Gasteiger partial charge in [0, 0.05) is 13.1 Å². The van der Waals surface area contributed by atoms with E-state index in [1.165, 1.54) is 11.4 Å². The molecule has 106 valence electrons. The molecule has 0 bridgehead atoms. The van der Waals surface area contributed by atoms with Crippen LogP contribution in [0.4, 0.5) is 5.69 Å². The number of ether oxygens (including phenoxy) is 1. The van der Waals surface area contributed by atoms with Crippen LogP contribution in [-0.4, -0.2) is 32.9 Å². The molecule has 1 fully saturated rings. The molecular formula is C13H20N2O3S. The lowest BCUT2D eigenvalue weighted by Gasteiger charge is -2.27. The van der Waals surface area contributed by atoms with Gasteiger partial charge in [0.05, 0.1) is 12.8 Å². The predicted molar refractivity (Wildman–Crippen MR) is 74.8 cm³/mol. The zero-order valence-electron chi connectivity index (χ0n) is 11.3. The van der Waals surface area contributed by atoms with Crippen LogP contribution in [0.15, 0.2) is 17.0 Å². The molecule has 1 aromatic rings. The molecule has 6 heteroatoms. The minimum atomic E-state index is -3.52. The number of nitrogens with zero attached hydrogens (tertiary/aromatic N) is 1. The highest BCUT2D eigenvalue weighted by Gasteiger charge is 2.29. The first-order chi connectivity index (χ1) is 8.96. The third-order valence-electron chi connectivity index (χ3n) is 3.36. The van der Waals surface area contributed by atoms with Gasteiger partial charge in [-0.25, -0.2) is 8.42 Å². The van der Waals surface area contributed by atoms with Gasteiger partial charge in [-0.3, -0.25) is 0 Å². The van der Waals surface area contributed by atoms with E-state index in [1.54, 1.807) is 12.1 Å². The van der Waals surface area contributed by atoms with Crippen LogP contribution in [-0.2, 0) is 10.0 Å². The molecule has 0 spiro atoms. The maximum atomic E-state index is 12.7. The summed E-state index contributed by atoms with van der Waals surface area (Å²) in [7, 11) is -2.08. The first-order valence-corrected chi connectivity index (χ1v) is 7.85. The minimum absolute atomic E-state index is 0.175. The van der Waals surface area contributed by atoms with E-state index in [-0.39, 0.29) is 10.6 Å². The molecule has 1 aliphatic heterocycles. The predicted octanol–water partition coefficient (Wildman–Crippen LogP) is 1.76. The molecule has 0 saturated carbocycles. The highest BCUT2D eigenvalue weighted by Crippen LogP contribution is 2.34. The van der Waals surface area contributed by atoms with Crippen LogP contribution in [0.3, 0.4) is 0 Å². The molecule has 1 saturated heterocycles. The van der Waals surface area contributed by atoms with E-state index < -0.39 is 10.0 Å². The summed E-state index contributed by atoms with van der Waals surface area (Å²) in [4.78, 5) is 0.175. The first kappa shape index (κ1) is 14.1. The minimum Gasteiger partial charge on any atom is -0.493 e. The number of methoxy groups -OCH3 is 1. The van der Waals surface area contributed by atoms with E-state index >= 15 is 0 Å². The lowest BCUT2D eigenvalue weighted by molar-refractivity contribution is 0.343. The van der Waals surface area contributed by atoms with Crippen molar-refractivity contribution in [1.82, 2.24) is 4.31 Å². The van der Waals surface area contributed by atoms with Crippen molar-refractivity contribution in [3.8, 4) is 5.75 Å². The van der Waals surface area contributed by atoms with E-state index in [2.05, 4.69) is 0 Å². The number of aryl methyl sites for hydroxylation is 1. The van der Waals surface area contributed by atoms with Gasteiger partial charge in [0.15, 0.2) is 5.75 Å². The van der Waals surface area contributed by atoms with Crippen molar-refractivity contribution in [2.45, 2.75) is 31.1 Å². The Morgan fingerprint density at radius 2 is 1.84 bits per heavy atom. The third kappa shape index (κ3) is 2.69. The van der Waals surface area contributed by atoms with Crippen LogP contribution in [0.25, 0.3) is 0 Å². The van der Waals surface area contributed by atoms with E-state index in [4.69, 9.17) is 10.5 Å². The number of benzene rings is 1. The maximum Gasteiger partial charge on any atom is 0.246 e. The highest BCUT2D eigenvalue weighted by molar-refractivity contribution is 7.89. The molecule has 0 aromatic heterocycles. The van der Waals surface area contributed by atoms with Crippen LogP contribution in [0.1, 0.15) is 24.8 Å². The smallest absolute Gasteiger partial charge is 0.246 e. The van der Waals surface area contributed by atoms with Gasteiger partial charge in [0.1, 0.15) is 4.90 Å². The van der Waals surface area contributed by atoms with Crippen LogP contribution in [0.2, 0.25) is 0 Å². The Morgan fingerprint density at radius 3 is 2.42 bits per heavy atom. The average molecular weight is 284 g/mol. The largest absolute Gasteiger partial charge is 0.493 e. The molecule has 1 aromatic carbocycles. The summed E-state index contributed by atoms with van der Waals surface area (Å²) in [5, 5.41) is 0. The van der Waals surface area contributed by atoms with Crippen molar-refractivity contribution < 1.29 is 13.2 Å².